The third kappa shape index (κ3) is 1.46. The first-order chi connectivity index (χ1) is 6.72. The van der Waals surface area contributed by atoms with Crippen LogP contribution in [0.4, 0.5) is 5.69 Å². The summed E-state index contributed by atoms with van der Waals surface area (Å²) < 4.78 is 1.72. The van der Waals surface area contributed by atoms with Crippen molar-refractivity contribution in [2.24, 2.45) is 0 Å². The Hall–Kier alpha value is -1.14. The first-order valence-electron chi connectivity index (χ1n) is 3.80. The number of thiazole rings is 1. The summed E-state index contributed by atoms with van der Waals surface area (Å²) in [5.41, 5.74) is 0.575. The van der Waals surface area contributed by atoms with Gasteiger partial charge in [0.15, 0.2) is 9.86 Å². The number of rotatable bonds is 2. The fourth-order valence-electron chi connectivity index (χ4n) is 1.15. The van der Waals surface area contributed by atoms with Crippen molar-refractivity contribution in [3.63, 3.8) is 0 Å². The minimum atomic E-state index is -0.397. The molecule has 14 heavy (non-hydrogen) atoms. The van der Waals surface area contributed by atoms with Crippen molar-refractivity contribution in [3.05, 3.63) is 28.3 Å². The second-order valence-corrected chi connectivity index (χ2v) is 4.65. The zero-order valence-corrected chi connectivity index (χ0v) is 8.89. The number of hydrogen-bond donors (Lipinski definition) is 0. The minimum Gasteiger partial charge on any atom is -0.258 e. The molecule has 0 aliphatic heterocycles. The molecule has 6 heteroatoms. The molecule has 0 aliphatic rings. The average Bonchev–Trinajstić information content (AvgIpc) is 2.59. The molecule has 0 spiro atoms. The van der Waals surface area contributed by atoms with E-state index in [-0.39, 0.29) is 5.69 Å². The standard InChI is InChI=1S/C8H6N2O2S2/c1-13-8-9-7-5(10(11)12)3-2-4-6(7)14-8/h2-4H,1H3. The van der Waals surface area contributed by atoms with Crippen molar-refractivity contribution in [1.82, 2.24) is 4.98 Å². The van der Waals surface area contributed by atoms with Crippen LogP contribution in [0.25, 0.3) is 10.2 Å². The van der Waals surface area contributed by atoms with E-state index < -0.39 is 4.92 Å². The number of hydrogen-bond acceptors (Lipinski definition) is 5. The maximum atomic E-state index is 10.7. The molecule has 0 bridgehead atoms. The quantitative estimate of drug-likeness (QED) is 0.449. The average molecular weight is 226 g/mol. The van der Waals surface area contributed by atoms with Crippen LogP contribution in [0.15, 0.2) is 22.5 Å². The Labute approximate surface area is 88.1 Å². The molecule has 0 amide bonds. The van der Waals surface area contributed by atoms with Gasteiger partial charge in [0.2, 0.25) is 0 Å². The third-order valence-corrected chi connectivity index (χ3v) is 3.76. The monoisotopic (exact) mass is 226 g/mol. The molecule has 2 rings (SSSR count). The van der Waals surface area contributed by atoms with Crippen LogP contribution in [0.5, 0.6) is 0 Å². The van der Waals surface area contributed by atoms with Crippen molar-refractivity contribution in [2.75, 3.05) is 6.26 Å². The lowest BCUT2D eigenvalue weighted by Gasteiger charge is -1.90. The Morgan fingerprint density at radius 1 is 1.57 bits per heavy atom. The van der Waals surface area contributed by atoms with Gasteiger partial charge >= 0.3 is 0 Å². The number of fused-ring (bicyclic) bond motifs is 1. The van der Waals surface area contributed by atoms with Gasteiger partial charge in [0.05, 0.1) is 9.62 Å². The van der Waals surface area contributed by atoms with E-state index in [9.17, 15) is 10.1 Å². The summed E-state index contributed by atoms with van der Waals surface area (Å²) >= 11 is 2.98. The number of nitrogens with zero attached hydrogens (tertiary/aromatic N) is 2. The molecule has 1 aromatic carbocycles. The lowest BCUT2D eigenvalue weighted by atomic mass is 10.3. The van der Waals surface area contributed by atoms with Crippen LogP contribution in [0.2, 0.25) is 0 Å². The maximum Gasteiger partial charge on any atom is 0.296 e. The normalized spacial score (nSPS) is 10.6. The summed E-state index contributed by atoms with van der Waals surface area (Å²) in [6, 6.07) is 5.01. The highest BCUT2D eigenvalue weighted by Gasteiger charge is 2.15. The van der Waals surface area contributed by atoms with Crippen LogP contribution in [0, 0.1) is 10.1 Å². The first-order valence-corrected chi connectivity index (χ1v) is 5.84. The highest BCUT2D eigenvalue weighted by molar-refractivity contribution is 8.00. The van der Waals surface area contributed by atoms with Crippen molar-refractivity contribution < 1.29 is 4.92 Å². The molecule has 0 atom stereocenters. The zero-order valence-electron chi connectivity index (χ0n) is 7.26. The molecule has 2 aromatic rings. The second kappa shape index (κ2) is 3.55. The van der Waals surface area contributed by atoms with Crippen LogP contribution in [0.3, 0.4) is 0 Å². The molecule has 4 nitrogen and oxygen atoms in total. The number of thioether (sulfide) groups is 1. The molecule has 0 unspecified atom stereocenters. The van der Waals surface area contributed by atoms with Gasteiger partial charge in [-0.2, -0.15) is 0 Å². The molecular weight excluding hydrogens is 220 g/mol. The molecule has 0 saturated heterocycles. The molecule has 1 aromatic heterocycles. The van der Waals surface area contributed by atoms with E-state index in [1.54, 1.807) is 6.07 Å². The van der Waals surface area contributed by atoms with E-state index in [2.05, 4.69) is 4.98 Å². The molecule has 0 N–H and O–H groups in total. The molecule has 72 valence electrons. The Morgan fingerprint density at radius 2 is 2.36 bits per heavy atom. The Bertz CT molecular complexity index is 495. The van der Waals surface area contributed by atoms with E-state index in [0.29, 0.717) is 5.52 Å². The van der Waals surface area contributed by atoms with E-state index in [1.165, 1.54) is 29.2 Å². The summed E-state index contributed by atoms with van der Waals surface area (Å²) in [5.74, 6) is 0. The van der Waals surface area contributed by atoms with Gasteiger partial charge in [-0.25, -0.2) is 4.98 Å². The van der Waals surface area contributed by atoms with Crippen LogP contribution in [0.1, 0.15) is 0 Å². The fraction of sp³-hybridized carbons (Fsp3) is 0.125. The second-order valence-electron chi connectivity index (χ2n) is 2.56. The van der Waals surface area contributed by atoms with Crippen LogP contribution in [-0.4, -0.2) is 16.2 Å². The van der Waals surface area contributed by atoms with E-state index in [1.807, 2.05) is 12.3 Å². The zero-order chi connectivity index (χ0) is 10.1. The number of nitro groups is 1. The Kier molecular flexibility index (Phi) is 2.39. The summed E-state index contributed by atoms with van der Waals surface area (Å²) in [4.78, 5) is 14.5. The number of benzene rings is 1. The number of para-hydroxylation sites is 1. The number of nitro benzene ring substituents is 1. The van der Waals surface area contributed by atoms with Crippen LogP contribution in [-0.2, 0) is 0 Å². The summed E-state index contributed by atoms with van der Waals surface area (Å²) in [6.07, 6.45) is 1.91. The smallest absolute Gasteiger partial charge is 0.258 e. The molecule has 0 radical (unpaired) electrons. The Morgan fingerprint density at radius 3 is 3.00 bits per heavy atom. The molecule has 1 heterocycles. The van der Waals surface area contributed by atoms with Crippen LogP contribution < -0.4 is 0 Å². The number of non-ortho nitro benzene ring substituents is 1. The van der Waals surface area contributed by atoms with Gasteiger partial charge in [0.25, 0.3) is 5.69 Å². The topological polar surface area (TPSA) is 56.0 Å². The van der Waals surface area contributed by atoms with Gasteiger partial charge in [-0.1, -0.05) is 17.8 Å². The first kappa shape index (κ1) is 9.42. The molecule has 0 aliphatic carbocycles. The predicted octanol–water partition coefficient (Wildman–Crippen LogP) is 2.93. The van der Waals surface area contributed by atoms with E-state index in [4.69, 9.17) is 0 Å². The lowest BCUT2D eigenvalue weighted by Crippen LogP contribution is -1.88. The van der Waals surface area contributed by atoms with E-state index in [0.717, 1.165) is 9.04 Å². The van der Waals surface area contributed by atoms with Crippen molar-refractivity contribution >= 4 is 39.0 Å². The van der Waals surface area contributed by atoms with Crippen molar-refractivity contribution in [3.8, 4) is 0 Å². The minimum absolute atomic E-state index is 0.0825. The van der Waals surface area contributed by atoms with Crippen molar-refractivity contribution in [1.29, 1.82) is 0 Å². The van der Waals surface area contributed by atoms with Crippen molar-refractivity contribution in [2.45, 2.75) is 4.34 Å². The Balaban J connectivity index is 2.73. The van der Waals surface area contributed by atoms with Gasteiger partial charge in [-0.3, -0.25) is 10.1 Å². The lowest BCUT2D eigenvalue weighted by molar-refractivity contribution is -0.383. The fourth-order valence-corrected chi connectivity index (χ4v) is 2.65. The summed E-state index contributed by atoms with van der Waals surface area (Å²) in [7, 11) is 0. The van der Waals surface area contributed by atoms with Gasteiger partial charge in [0.1, 0.15) is 0 Å². The van der Waals surface area contributed by atoms with E-state index >= 15 is 0 Å². The third-order valence-electron chi connectivity index (χ3n) is 1.75. The predicted molar refractivity (Wildman–Crippen MR) is 58.1 cm³/mol. The highest BCUT2D eigenvalue weighted by atomic mass is 32.2. The molecule has 0 fully saturated rings. The van der Waals surface area contributed by atoms with Crippen LogP contribution >= 0.6 is 23.1 Å². The maximum absolute atomic E-state index is 10.7. The van der Waals surface area contributed by atoms with Gasteiger partial charge in [-0.05, 0) is 12.3 Å². The van der Waals surface area contributed by atoms with Gasteiger partial charge in [-0.15, -0.1) is 11.3 Å². The SMILES string of the molecule is CSc1nc2c([N+](=O)[O-])cccc2s1. The van der Waals surface area contributed by atoms with Gasteiger partial charge < -0.3 is 0 Å². The highest BCUT2D eigenvalue weighted by Crippen LogP contribution is 2.32. The largest absolute Gasteiger partial charge is 0.296 e. The summed E-state index contributed by atoms with van der Waals surface area (Å²) in [6.45, 7) is 0. The molecule has 0 saturated carbocycles. The number of aromatic nitrogens is 1. The van der Waals surface area contributed by atoms with Gasteiger partial charge in [0, 0.05) is 6.07 Å². The molecular formula is C8H6N2O2S2. The summed E-state index contributed by atoms with van der Waals surface area (Å²) in [5, 5.41) is 10.7.